The third-order valence-corrected chi connectivity index (χ3v) is 3.09. The van der Waals surface area contributed by atoms with Gasteiger partial charge in [-0.05, 0) is 19.2 Å². The lowest BCUT2D eigenvalue weighted by molar-refractivity contribution is -0.146. The second-order valence-corrected chi connectivity index (χ2v) is 4.71. The summed E-state index contributed by atoms with van der Waals surface area (Å²) in [5.41, 5.74) is -0.535. The number of carbonyl (C=O) groups is 1. The number of aromatic amines is 1. The van der Waals surface area contributed by atoms with Gasteiger partial charge < -0.3 is 9.72 Å². The van der Waals surface area contributed by atoms with E-state index in [0.29, 0.717) is 5.69 Å². The molecule has 0 saturated heterocycles. The van der Waals surface area contributed by atoms with E-state index < -0.39 is 5.41 Å². The predicted octanol–water partition coefficient (Wildman–Crippen LogP) is 1.98. The van der Waals surface area contributed by atoms with Crippen LogP contribution in [0.1, 0.15) is 19.5 Å². The highest BCUT2D eigenvalue weighted by Crippen LogP contribution is 2.28. The number of aromatic nitrogens is 1. The summed E-state index contributed by atoms with van der Waals surface area (Å²) in [7, 11) is 1.34. The lowest BCUT2D eigenvalue weighted by atomic mass is 9.86. The van der Waals surface area contributed by atoms with Crippen LogP contribution in [0.2, 0.25) is 0 Å². The average Bonchev–Trinajstić information content (AvgIpc) is 2.36. The molecule has 0 radical (unpaired) electrons. The number of pyridine rings is 1. The fourth-order valence-corrected chi connectivity index (χ4v) is 2.07. The van der Waals surface area contributed by atoms with E-state index in [4.69, 9.17) is 4.74 Å². The highest BCUT2D eigenvalue weighted by molar-refractivity contribution is 5.91. The molecule has 0 bridgehead atoms. The zero-order valence-electron chi connectivity index (χ0n) is 10.6. The molecule has 4 heteroatoms. The Labute approximate surface area is 105 Å². The molecule has 2 aromatic rings. The van der Waals surface area contributed by atoms with Crippen molar-refractivity contribution in [2.24, 2.45) is 0 Å². The molecule has 0 aliphatic heterocycles. The van der Waals surface area contributed by atoms with Crippen LogP contribution in [0.15, 0.2) is 35.1 Å². The number of hydrogen-bond donors (Lipinski definition) is 1. The number of methoxy groups -OCH3 is 1. The van der Waals surface area contributed by atoms with Crippen LogP contribution in [0.5, 0.6) is 0 Å². The summed E-state index contributed by atoms with van der Waals surface area (Å²) in [6.45, 7) is 3.47. The van der Waals surface area contributed by atoms with E-state index in [1.54, 1.807) is 13.8 Å². The molecular formula is C14H15NO3. The Hall–Kier alpha value is -2.10. The molecule has 1 aromatic heterocycles. The number of H-pyrrole nitrogens is 1. The molecule has 0 spiro atoms. The van der Waals surface area contributed by atoms with E-state index >= 15 is 0 Å². The van der Waals surface area contributed by atoms with Crippen LogP contribution in [0.3, 0.4) is 0 Å². The maximum Gasteiger partial charge on any atom is 0.317 e. The van der Waals surface area contributed by atoms with Crippen LogP contribution in [-0.4, -0.2) is 18.1 Å². The Morgan fingerprint density at radius 2 is 1.94 bits per heavy atom. The number of ether oxygens (including phenoxy) is 1. The van der Waals surface area contributed by atoms with Gasteiger partial charge in [0.2, 0.25) is 5.56 Å². The molecule has 1 N–H and O–H groups in total. The van der Waals surface area contributed by atoms with Crippen LogP contribution in [0.25, 0.3) is 10.8 Å². The van der Waals surface area contributed by atoms with E-state index in [1.807, 2.05) is 24.3 Å². The van der Waals surface area contributed by atoms with Gasteiger partial charge >= 0.3 is 5.97 Å². The Kier molecular flexibility index (Phi) is 2.95. The lowest BCUT2D eigenvalue weighted by Gasteiger charge is -2.23. The smallest absolute Gasteiger partial charge is 0.317 e. The van der Waals surface area contributed by atoms with Gasteiger partial charge in [0.15, 0.2) is 0 Å². The SMILES string of the molecule is COC(=O)C(C)(C)c1[nH]c(=O)cc2ccccc12. The fourth-order valence-electron chi connectivity index (χ4n) is 2.07. The monoisotopic (exact) mass is 245 g/mol. The lowest BCUT2D eigenvalue weighted by Crippen LogP contribution is -2.33. The number of esters is 1. The molecule has 0 unspecified atom stereocenters. The molecule has 0 aliphatic carbocycles. The van der Waals surface area contributed by atoms with Crippen molar-refractivity contribution in [1.29, 1.82) is 0 Å². The van der Waals surface area contributed by atoms with Crippen molar-refractivity contribution in [3.63, 3.8) is 0 Å². The number of rotatable bonds is 2. The van der Waals surface area contributed by atoms with Gasteiger partial charge in [0, 0.05) is 17.1 Å². The highest BCUT2D eigenvalue weighted by Gasteiger charge is 2.33. The van der Waals surface area contributed by atoms with Crippen molar-refractivity contribution >= 4 is 16.7 Å². The van der Waals surface area contributed by atoms with Crippen molar-refractivity contribution in [2.75, 3.05) is 7.11 Å². The molecule has 0 atom stereocenters. The first kappa shape index (κ1) is 12.4. The van der Waals surface area contributed by atoms with E-state index in [1.165, 1.54) is 13.2 Å². The van der Waals surface area contributed by atoms with Gasteiger partial charge in [-0.15, -0.1) is 0 Å². The molecule has 0 amide bonds. The maximum absolute atomic E-state index is 11.8. The van der Waals surface area contributed by atoms with E-state index in [9.17, 15) is 9.59 Å². The number of hydrogen-bond acceptors (Lipinski definition) is 3. The molecule has 18 heavy (non-hydrogen) atoms. The number of carbonyl (C=O) groups excluding carboxylic acids is 1. The molecule has 0 saturated carbocycles. The second-order valence-electron chi connectivity index (χ2n) is 4.71. The van der Waals surface area contributed by atoms with E-state index in [-0.39, 0.29) is 11.5 Å². The predicted molar refractivity (Wildman–Crippen MR) is 69.6 cm³/mol. The van der Waals surface area contributed by atoms with Gasteiger partial charge in [0.05, 0.1) is 7.11 Å². The Morgan fingerprint density at radius 1 is 1.28 bits per heavy atom. The minimum atomic E-state index is -0.894. The fraction of sp³-hybridized carbons (Fsp3) is 0.286. The maximum atomic E-state index is 11.8. The summed E-state index contributed by atoms with van der Waals surface area (Å²) < 4.78 is 4.80. The topological polar surface area (TPSA) is 59.2 Å². The third-order valence-electron chi connectivity index (χ3n) is 3.09. The molecule has 94 valence electrons. The first-order valence-electron chi connectivity index (χ1n) is 5.68. The quantitative estimate of drug-likeness (QED) is 0.823. The summed E-state index contributed by atoms with van der Waals surface area (Å²) in [6, 6.07) is 8.98. The molecule has 0 fully saturated rings. The summed E-state index contributed by atoms with van der Waals surface area (Å²) in [5, 5.41) is 1.67. The molecule has 1 aromatic carbocycles. The van der Waals surface area contributed by atoms with Gasteiger partial charge in [-0.2, -0.15) is 0 Å². The minimum Gasteiger partial charge on any atom is -0.468 e. The van der Waals surface area contributed by atoms with Gasteiger partial charge in [-0.3, -0.25) is 9.59 Å². The number of benzene rings is 1. The van der Waals surface area contributed by atoms with Crippen molar-refractivity contribution in [3.8, 4) is 0 Å². The number of nitrogens with one attached hydrogen (secondary N) is 1. The second kappa shape index (κ2) is 4.29. The van der Waals surface area contributed by atoms with Gasteiger partial charge in [0.1, 0.15) is 5.41 Å². The first-order chi connectivity index (χ1) is 8.46. The third kappa shape index (κ3) is 1.90. The molecular weight excluding hydrogens is 230 g/mol. The minimum absolute atomic E-state index is 0.222. The van der Waals surface area contributed by atoms with Crippen LogP contribution in [-0.2, 0) is 14.9 Å². The summed E-state index contributed by atoms with van der Waals surface area (Å²) in [6.07, 6.45) is 0. The molecule has 1 heterocycles. The van der Waals surface area contributed by atoms with Crippen molar-refractivity contribution < 1.29 is 9.53 Å². The van der Waals surface area contributed by atoms with Gasteiger partial charge in [-0.25, -0.2) is 0 Å². The standard InChI is InChI=1S/C14H15NO3/c1-14(2,13(17)18-3)12-10-7-5-4-6-9(10)8-11(16)15-12/h4-8H,1-3H3,(H,15,16). The largest absolute Gasteiger partial charge is 0.468 e. The van der Waals surface area contributed by atoms with Gasteiger partial charge in [-0.1, -0.05) is 24.3 Å². The van der Waals surface area contributed by atoms with Gasteiger partial charge in [0.25, 0.3) is 0 Å². The Morgan fingerprint density at radius 3 is 2.61 bits per heavy atom. The zero-order chi connectivity index (χ0) is 13.3. The average molecular weight is 245 g/mol. The summed E-state index contributed by atoms with van der Waals surface area (Å²) in [4.78, 5) is 26.2. The summed E-state index contributed by atoms with van der Waals surface area (Å²) in [5.74, 6) is -0.380. The van der Waals surface area contributed by atoms with Crippen molar-refractivity contribution in [2.45, 2.75) is 19.3 Å². The zero-order valence-corrected chi connectivity index (χ0v) is 10.6. The number of fused-ring (bicyclic) bond motifs is 1. The highest BCUT2D eigenvalue weighted by atomic mass is 16.5. The Balaban J connectivity index is 2.78. The van der Waals surface area contributed by atoms with Crippen LogP contribution in [0.4, 0.5) is 0 Å². The van der Waals surface area contributed by atoms with Crippen molar-refractivity contribution in [1.82, 2.24) is 4.98 Å². The van der Waals surface area contributed by atoms with Crippen molar-refractivity contribution in [3.05, 3.63) is 46.4 Å². The molecule has 2 rings (SSSR count). The summed E-state index contributed by atoms with van der Waals surface area (Å²) >= 11 is 0. The first-order valence-corrected chi connectivity index (χ1v) is 5.68. The molecule has 4 nitrogen and oxygen atoms in total. The normalized spacial score (nSPS) is 11.5. The van der Waals surface area contributed by atoms with Crippen LogP contribution >= 0.6 is 0 Å². The van der Waals surface area contributed by atoms with E-state index in [2.05, 4.69) is 4.98 Å². The Bertz CT molecular complexity index is 655. The molecule has 0 aliphatic rings. The van der Waals surface area contributed by atoms with Crippen LogP contribution < -0.4 is 5.56 Å². The van der Waals surface area contributed by atoms with E-state index in [0.717, 1.165) is 10.8 Å². The van der Waals surface area contributed by atoms with Crippen LogP contribution in [0, 0.1) is 0 Å².